The molecule has 4 amide bonds. The molecule has 3 aliphatic rings. The number of nitrogens with zero attached hydrogens (tertiary/aromatic N) is 4. The molecule has 12 heteroatoms. The van der Waals surface area contributed by atoms with Crippen molar-refractivity contribution in [1.82, 2.24) is 20.0 Å². The summed E-state index contributed by atoms with van der Waals surface area (Å²) in [6.07, 6.45) is 4.36. The number of nitrogens with two attached hydrogens (primary N) is 2. The van der Waals surface area contributed by atoms with E-state index >= 15 is 0 Å². The van der Waals surface area contributed by atoms with Gasteiger partial charge in [0, 0.05) is 63.5 Å². The van der Waals surface area contributed by atoms with Crippen molar-refractivity contribution in [3.8, 4) is 0 Å². The van der Waals surface area contributed by atoms with Crippen molar-refractivity contribution in [3.05, 3.63) is 53.0 Å². The summed E-state index contributed by atoms with van der Waals surface area (Å²) in [5.41, 5.74) is 13.8. The zero-order valence-electron chi connectivity index (χ0n) is 23.6. The summed E-state index contributed by atoms with van der Waals surface area (Å²) in [6, 6.07) is 4.60. The fraction of sp³-hybridized carbons (Fsp3) is 0.483. The number of hydrogen-bond acceptors (Lipinski definition) is 10. The molecule has 220 valence electrons. The Labute approximate surface area is 240 Å². The van der Waals surface area contributed by atoms with Gasteiger partial charge in [0.25, 0.3) is 5.91 Å². The van der Waals surface area contributed by atoms with Crippen LogP contribution in [0.2, 0.25) is 0 Å². The number of allylic oxidation sites excluding steroid dienone is 3. The summed E-state index contributed by atoms with van der Waals surface area (Å²) < 4.78 is 0. The van der Waals surface area contributed by atoms with Gasteiger partial charge in [0.2, 0.25) is 18.2 Å². The third-order valence-electron chi connectivity index (χ3n) is 8.29. The number of carbonyl (C=O) groups is 5. The Balaban J connectivity index is 1.36. The SMILES string of the molecule is Cc1ccc(N2CCN(C[C@@H]3CN(/C(N)=C/C=C(\N)C=O)CC3C)CC2)cc1C(=O)N(C=O)C1CCC(=O)NC1=O. The van der Waals surface area contributed by atoms with E-state index in [2.05, 4.69) is 26.9 Å². The highest BCUT2D eigenvalue weighted by atomic mass is 16.2. The van der Waals surface area contributed by atoms with E-state index < -0.39 is 23.8 Å². The van der Waals surface area contributed by atoms with Crippen LogP contribution in [0, 0.1) is 18.8 Å². The van der Waals surface area contributed by atoms with Gasteiger partial charge in [-0.15, -0.1) is 0 Å². The third-order valence-corrected chi connectivity index (χ3v) is 8.29. The number of nitrogens with one attached hydrogen (secondary N) is 1. The number of benzene rings is 1. The average Bonchev–Trinajstić information content (AvgIpc) is 3.33. The first-order chi connectivity index (χ1) is 19.6. The van der Waals surface area contributed by atoms with Crippen LogP contribution in [0.15, 0.2) is 41.9 Å². The highest BCUT2D eigenvalue weighted by Crippen LogP contribution is 2.27. The summed E-state index contributed by atoms with van der Waals surface area (Å²) >= 11 is 0. The Morgan fingerprint density at radius 2 is 1.83 bits per heavy atom. The second-order valence-electron chi connectivity index (χ2n) is 11.1. The molecule has 2 unspecified atom stereocenters. The third kappa shape index (κ3) is 6.94. The second kappa shape index (κ2) is 13.0. The number of anilines is 1. The normalized spacial score (nSPS) is 24.3. The van der Waals surface area contributed by atoms with Crippen LogP contribution in [-0.4, -0.2) is 97.0 Å². The van der Waals surface area contributed by atoms with E-state index in [1.807, 2.05) is 12.1 Å². The highest BCUT2D eigenvalue weighted by Gasteiger charge is 2.36. The molecule has 5 N–H and O–H groups in total. The van der Waals surface area contributed by atoms with Gasteiger partial charge in [0.15, 0.2) is 6.29 Å². The number of imide groups is 2. The van der Waals surface area contributed by atoms with Gasteiger partial charge in [-0.1, -0.05) is 13.0 Å². The van der Waals surface area contributed by atoms with Gasteiger partial charge >= 0.3 is 0 Å². The van der Waals surface area contributed by atoms with Crippen LogP contribution in [0.3, 0.4) is 0 Å². The van der Waals surface area contributed by atoms with Gasteiger partial charge in [-0.05, 0) is 55.0 Å². The van der Waals surface area contributed by atoms with Crippen molar-refractivity contribution >= 4 is 36.1 Å². The summed E-state index contributed by atoms with van der Waals surface area (Å²) in [6.45, 7) is 9.94. The Bertz CT molecular complexity index is 1250. The van der Waals surface area contributed by atoms with Crippen molar-refractivity contribution < 1.29 is 24.0 Å². The van der Waals surface area contributed by atoms with E-state index in [1.165, 1.54) is 6.08 Å². The average molecular weight is 566 g/mol. The number of piperidine rings is 1. The molecule has 3 aliphatic heterocycles. The molecule has 3 fully saturated rings. The maximum Gasteiger partial charge on any atom is 0.261 e. The first-order valence-corrected chi connectivity index (χ1v) is 13.9. The van der Waals surface area contributed by atoms with Crippen LogP contribution in [0.25, 0.3) is 0 Å². The second-order valence-corrected chi connectivity index (χ2v) is 11.1. The summed E-state index contributed by atoms with van der Waals surface area (Å²) in [5, 5.41) is 2.21. The summed E-state index contributed by atoms with van der Waals surface area (Å²) in [4.78, 5) is 67.5. The van der Waals surface area contributed by atoms with Gasteiger partial charge in [-0.3, -0.25) is 39.1 Å². The van der Waals surface area contributed by atoms with E-state index in [-0.39, 0.29) is 18.5 Å². The van der Waals surface area contributed by atoms with Gasteiger partial charge in [-0.25, -0.2) is 0 Å². The van der Waals surface area contributed by atoms with Crippen LogP contribution >= 0.6 is 0 Å². The number of rotatable bonds is 9. The van der Waals surface area contributed by atoms with Gasteiger partial charge < -0.3 is 21.3 Å². The number of likely N-dealkylation sites (tertiary alicyclic amines) is 1. The molecule has 12 nitrogen and oxygen atoms in total. The molecule has 3 heterocycles. The molecule has 1 aromatic rings. The highest BCUT2D eigenvalue weighted by molar-refractivity contribution is 6.07. The molecular weight excluding hydrogens is 526 g/mol. The van der Waals surface area contributed by atoms with E-state index in [0.717, 1.165) is 56.4 Å². The lowest BCUT2D eigenvalue weighted by molar-refractivity contribution is -0.139. The molecule has 0 aromatic heterocycles. The predicted molar refractivity (Wildman–Crippen MR) is 153 cm³/mol. The molecule has 41 heavy (non-hydrogen) atoms. The molecule has 0 bridgehead atoms. The molecule has 0 radical (unpaired) electrons. The van der Waals surface area contributed by atoms with Crippen LogP contribution in [0.1, 0.15) is 35.7 Å². The van der Waals surface area contributed by atoms with E-state index in [4.69, 9.17) is 11.5 Å². The fourth-order valence-electron chi connectivity index (χ4n) is 5.72. The first-order valence-electron chi connectivity index (χ1n) is 13.9. The van der Waals surface area contributed by atoms with Crippen LogP contribution in [0.5, 0.6) is 0 Å². The molecule has 0 spiro atoms. The van der Waals surface area contributed by atoms with Crippen molar-refractivity contribution in [2.75, 3.05) is 50.7 Å². The smallest absolute Gasteiger partial charge is 0.261 e. The predicted octanol–water partition coefficient (Wildman–Crippen LogP) is -0.0697. The minimum atomic E-state index is -1.00. The summed E-state index contributed by atoms with van der Waals surface area (Å²) in [5.74, 6) is -0.0789. The number of piperazine rings is 1. The largest absolute Gasteiger partial charge is 0.396 e. The fourth-order valence-corrected chi connectivity index (χ4v) is 5.72. The lowest BCUT2D eigenvalue weighted by atomic mass is 9.97. The van der Waals surface area contributed by atoms with Gasteiger partial charge in [-0.2, -0.15) is 0 Å². The van der Waals surface area contributed by atoms with Crippen molar-refractivity contribution in [1.29, 1.82) is 0 Å². The lowest BCUT2D eigenvalue weighted by Gasteiger charge is -2.38. The molecule has 4 rings (SSSR count). The molecule has 0 aliphatic carbocycles. The zero-order valence-corrected chi connectivity index (χ0v) is 23.6. The van der Waals surface area contributed by atoms with E-state index in [0.29, 0.717) is 41.5 Å². The van der Waals surface area contributed by atoms with Gasteiger partial charge in [0.1, 0.15) is 6.04 Å². The van der Waals surface area contributed by atoms with E-state index in [1.54, 1.807) is 19.1 Å². The molecular formula is C29H39N7O5. The van der Waals surface area contributed by atoms with Gasteiger partial charge in [0.05, 0.1) is 11.5 Å². The topological polar surface area (TPSA) is 162 Å². The minimum absolute atomic E-state index is 0.0763. The van der Waals surface area contributed by atoms with E-state index in [9.17, 15) is 24.0 Å². The number of carbonyl (C=O) groups excluding carboxylic acids is 5. The molecule has 3 atom stereocenters. The Morgan fingerprint density at radius 3 is 2.49 bits per heavy atom. The summed E-state index contributed by atoms with van der Waals surface area (Å²) in [7, 11) is 0. The number of aldehydes is 1. The number of hydrogen-bond donors (Lipinski definition) is 3. The monoisotopic (exact) mass is 565 g/mol. The van der Waals surface area contributed by atoms with Crippen LogP contribution < -0.4 is 21.7 Å². The zero-order chi connectivity index (χ0) is 29.7. The number of amides is 4. The minimum Gasteiger partial charge on any atom is -0.396 e. The van der Waals surface area contributed by atoms with Crippen LogP contribution in [-0.2, 0) is 19.2 Å². The van der Waals surface area contributed by atoms with Crippen molar-refractivity contribution in [2.45, 2.75) is 32.7 Å². The Hall–Kier alpha value is -4.19. The maximum absolute atomic E-state index is 13.4. The number of aryl methyl sites for hydroxylation is 1. The standard InChI is InChI=1S/C29H39N7O5/c1-19-3-5-23(13-24(19)29(41)36(18-38)25-6-8-27(39)32-28(25)40)34-11-9-33(10-12-34)15-21-16-35(14-20(21)2)26(31)7-4-22(30)17-37/h3-5,7,13,17-18,20-21,25H,6,8-12,14-16,30-31H2,1-2H3,(H,32,39,40)/b22-4-,26-7+/t20?,21-,25?/m1/s1. The van der Waals surface area contributed by atoms with Crippen LogP contribution in [0.4, 0.5) is 5.69 Å². The molecule has 3 saturated heterocycles. The lowest BCUT2D eigenvalue weighted by Crippen LogP contribution is -2.54. The van der Waals surface area contributed by atoms with Crippen molar-refractivity contribution in [2.24, 2.45) is 23.3 Å². The molecule has 1 aromatic carbocycles. The quantitative estimate of drug-likeness (QED) is 0.160. The Morgan fingerprint density at radius 1 is 1.10 bits per heavy atom. The first kappa shape index (κ1) is 29.8. The van der Waals surface area contributed by atoms with Crippen molar-refractivity contribution in [3.63, 3.8) is 0 Å². The molecule has 0 saturated carbocycles. The maximum atomic E-state index is 13.4. The Kier molecular flexibility index (Phi) is 9.43.